The number of halogens is 1. The third-order valence-electron chi connectivity index (χ3n) is 5.51. The summed E-state index contributed by atoms with van der Waals surface area (Å²) < 4.78 is 9.44. The molecule has 4 heterocycles. The number of fused-ring (bicyclic) bond motifs is 1. The minimum atomic E-state index is 0.575. The first-order chi connectivity index (χ1) is 15.6. The van der Waals surface area contributed by atoms with Gasteiger partial charge in [0.2, 0.25) is 11.8 Å². The zero-order valence-electron chi connectivity index (χ0n) is 18.1. The van der Waals surface area contributed by atoms with Crippen LogP contribution in [0, 0.1) is 6.92 Å². The molecule has 1 aromatic carbocycles. The summed E-state index contributed by atoms with van der Waals surface area (Å²) in [4.78, 5) is 16.0. The molecule has 5 rings (SSSR count). The van der Waals surface area contributed by atoms with Gasteiger partial charge in [-0.1, -0.05) is 11.6 Å². The van der Waals surface area contributed by atoms with E-state index in [9.17, 15) is 0 Å². The van der Waals surface area contributed by atoms with E-state index in [1.807, 2.05) is 58.8 Å². The molecule has 0 fully saturated rings. The van der Waals surface area contributed by atoms with Crippen molar-refractivity contribution in [3.05, 3.63) is 71.2 Å². The lowest BCUT2D eigenvalue weighted by Crippen LogP contribution is -2.28. The van der Waals surface area contributed by atoms with Crippen LogP contribution in [0.25, 0.3) is 5.69 Å². The summed E-state index contributed by atoms with van der Waals surface area (Å²) in [6, 6.07) is 11.9. The maximum absolute atomic E-state index is 6.05. The smallest absolute Gasteiger partial charge is 0.238 e. The number of imidazole rings is 1. The molecule has 0 saturated heterocycles. The molecule has 0 aliphatic carbocycles. The molecule has 0 unspecified atom stereocenters. The van der Waals surface area contributed by atoms with Crippen molar-refractivity contribution in [1.82, 2.24) is 29.3 Å². The Morgan fingerprint density at radius 3 is 2.62 bits per heavy atom. The van der Waals surface area contributed by atoms with Crippen molar-refractivity contribution in [2.45, 2.75) is 32.7 Å². The van der Waals surface area contributed by atoms with E-state index in [4.69, 9.17) is 26.4 Å². The molecule has 1 aliphatic rings. The number of methoxy groups -OCH3 is 1. The molecule has 164 valence electrons. The lowest BCUT2D eigenvalue weighted by Gasteiger charge is -2.27. The van der Waals surface area contributed by atoms with E-state index >= 15 is 0 Å². The van der Waals surface area contributed by atoms with Crippen molar-refractivity contribution in [3.63, 3.8) is 0 Å². The van der Waals surface area contributed by atoms with Crippen LogP contribution in [0.5, 0.6) is 5.88 Å². The summed E-state index contributed by atoms with van der Waals surface area (Å²) in [7, 11) is 1.63. The van der Waals surface area contributed by atoms with Crippen LogP contribution in [-0.2, 0) is 19.4 Å². The van der Waals surface area contributed by atoms with Gasteiger partial charge in [0.25, 0.3) is 0 Å². The van der Waals surface area contributed by atoms with Crippen molar-refractivity contribution < 1.29 is 4.74 Å². The van der Waals surface area contributed by atoms with Gasteiger partial charge in [-0.05, 0) is 56.2 Å². The Kier molecular flexibility index (Phi) is 5.53. The fraction of sp³-hybridized carbons (Fsp3) is 0.304. The van der Waals surface area contributed by atoms with Crippen molar-refractivity contribution >= 4 is 23.2 Å². The number of hydrogen-bond donors (Lipinski definition) is 0. The van der Waals surface area contributed by atoms with Crippen molar-refractivity contribution in [2.24, 2.45) is 0 Å². The molecule has 0 spiro atoms. The molecule has 3 aromatic heterocycles. The third kappa shape index (κ3) is 4.05. The fourth-order valence-corrected chi connectivity index (χ4v) is 4.06. The molecule has 1 aliphatic heterocycles. The van der Waals surface area contributed by atoms with Crippen LogP contribution in [0.3, 0.4) is 0 Å². The van der Waals surface area contributed by atoms with E-state index in [-0.39, 0.29) is 0 Å². The highest BCUT2D eigenvalue weighted by Crippen LogP contribution is 2.29. The van der Waals surface area contributed by atoms with Crippen LogP contribution in [-0.4, -0.2) is 43.0 Å². The average Bonchev–Trinajstić information content (AvgIpc) is 3.43. The van der Waals surface area contributed by atoms with Crippen LogP contribution in [0.4, 0.5) is 11.6 Å². The molecule has 0 saturated carbocycles. The maximum atomic E-state index is 6.05. The number of anilines is 2. The Morgan fingerprint density at radius 2 is 1.88 bits per heavy atom. The first-order valence-electron chi connectivity index (χ1n) is 10.6. The van der Waals surface area contributed by atoms with Gasteiger partial charge >= 0.3 is 0 Å². The Bertz CT molecular complexity index is 1230. The van der Waals surface area contributed by atoms with Crippen LogP contribution in [0.2, 0.25) is 5.02 Å². The quantitative estimate of drug-likeness (QED) is 0.440. The van der Waals surface area contributed by atoms with Gasteiger partial charge in [-0.2, -0.15) is 10.1 Å². The molecule has 9 heteroatoms. The first-order valence-corrected chi connectivity index (χ1v) is 11.0. The highest BCUT2D eigenvalue weighted by molar-refractivity contribution is 6.30. The standard InChI is InChI=1S/C23H24ClN7O/c1-16-14-29(15-25-16)20-10-6-18(26-22(20)32-2)7-11-21-27-23-30(12-3-13-31(23)28-21)19-8-4-17(24)5-9-19/h4-6,8-10,14-15H,3,7,11-13H2,1-2H3. The molecule has 0 atom stereocenters. The molecular weight excluding hydrogens is 426 g/mol. The minimum Gasteiger partial charge on any atom is -0.479 e. The summed E-state index contributed by atoms with van der Waals surface area (Å²) in [5.74, 6) is 2.27. The zero-order chi connectivity index (χ0) is 22.1. The fourth-order valence-electron chi connectivity index (χ4n) is 3.93. The number of rotatable bonds is 6. The van der Waals surface area contributed by atoms with Crippen LogP contribution in [0.1, 0.15) is 23.6 Å². The summed E-state index contributed by atoms with van der Waals surface area (Å²) in [6.45, 7) is 3.74. The van der Waals surface area contributed by atoms with Gasteiger partial charge in [0.15, 0.2) is 5.82 Å². The number of pyridine rings is 1. The summed E-state index contributed by atoms with van der Waals surface area (Å²) in [5, 5.41) is 5.46. The van der Waals surface area contributed by atoms with Gasteiger partial charge in [0.1, 0.15) is 5.69 Å². The van der Waals surface area contributed by atoms with Gasteiger partial charge in [-0.25, -0.2) is 14.6 Å². The first kappa shape index (κ1) is 20.5. The highest BCUT2D eigenvalue weighted by Gasteiger charge is 2.22. The number of aromatic nitrogens is 6. The van der Waals surface area contributed by atoms with E-state index in [1.54, 1.807) is 13.4 Å². The summed E-state index contributed by atoms with van der Waals surface area (Å²) in [6.07, 6.45) is 6.16. The normalized spacial score (nSPS) is 13.3. The minimum absolute atomic E-state index is 0.575. The molecule has 32 heavy (non-hydrogen) atoms. The topological polar surface area (TPSA) is 73.9 Å². The van der Waals surface area contributed by atoms with Crippen LogP contribution in [0.15, 0.2) is 48.9 Å². The monoisotopic (exact) mass is 449 g/mol. The molecule has 0 N–H and O–H groups in total. The van der Waals surface area contributed by atoms with Gasteiger partial charge in [-0.3, -0.25) is 0 Å². The number of nitrogens with zero attached hydrogens (tertiary/aromatic N) is 7. The third-order valence-corrected chi connectivity index (χ3v) is 5.77. The Labute approximate surface area is 191 Å². The SMILES string of the molecule is COc1nc(CCc2nc3n(n2)CCCN3c2ccc(Cl)cc2)ccc1-n1cnc(C)c1. The van der Waals surface area contributed by atoms with Crippen LogP contribution < -0.4 is 9.64 Å². The van der Waals surface area contributed by atoms with Crippen molar-refractivity contribution in [2.75, 3.05) is 18.6 Å². The maximum Gasteiger partial charge on any atom is 0.238 e. The average molecular weight is 450 g/mol. The lowest BCUT2D eigenvalue weighted by atomic mass is 10.2. The van der Waals surface area contributed by atoms with Gasteiger partial charge < -0.3 is 14.2 Å². The van der Waals surface area contributed by atoms with Crippen molar-refractivity contribution in [3.8, 4) is 11.6 Å². The van der Waals surface area contributed by atoms with E-state index in [0.717, 1.165) is 65.5 Å². The number of aryl methyl sites for hydroxylation is 4. The van der Waals surface area contributed by atoms with Gasteiger partial charge in [-0.15, -0.1) is 0 Å². The second-order valence-electron chi connectivity index (χ2n) is 7.79. The molecule has 0 bridgehead atoms. The van der Waals surface area contributed by atoms with Gasteiger partial charge in [0, 0.05) is 42.1 Å². The summed E-state index contributed by atoms with van der Waals surface area (Å²) >= 11 is 6.05. The van der Waals surface area contributed by atoms with E-state index in [0.29, 0.717) is 12.3 Å². The predicted octanol–water partition coefficient (Wildman–Crippen LogP) is 4.16. The van der Waals surface area contributed by atoms with E-state index in [2.05, 4.69) is 14.9 Å². The highest BCUT2D eigenvalue weighted by atomic mass is 35.5. The molecule has 0 amide bonds. The van der Waals surface area contributed by atoms with Crippen molar-refractivity contribution in [1.29, 1.82) is 0 Å². The Hall–Kier alpha value is -3.39. The second kappa shape index (κ2) is 8.63. The Balaban J connectivity index is 1.33. The molecular formula is C23H24ClN7O. The largest absolute Gasteiger partial charge is 0.479 e. The Morgan fingerprint density at radius 1 is 1.03 bits per heavy atom. The number of ether oxygens (including phenoxy) is 1. The summed E-state index contributed by atoms with van der Waals surface area (Å²) in [5.41, 5.74) is 3.82. The van der Waals surface area contributed by atoms with E-state index < -0.39 is 0 Å². The van der Waals surface area contributed by atoms with Crippen LogP contribution >= 0.6 is 11.6 Å². The molecule has 0 radical (unpaired) electrons. The predicted molar refractivity (Wildman–Crippen MR) is 123 cm³/mol. The molecule has 4 aromatic rings. The van der Waals surface area contributed by atoms with Gasteiger partial charge in [0.05, 0.1) is 19.1 Å². The number of benzene rings is 1. The number of hydrogen-bond acceptors (Lipinski definition) is 6. The second-order valence-corrected chi connectivity index (χ2v) is 8.22. The molecule has 8 nitrogen and oxygen atoms in total. The van der Waals surface area contributed by atoms with E-state index in [1.165, 1.54) is 0 Å². The lowest BCUT2D eigenvalue weighted by molar-refractivity contribution is 0.394. The zero-order valence-corrected chi connectivity index (χ0v) is 18.8.